The Bertz CT molecular complexity index is 1090. The van der Waals surface area contributed by atoms with Crippen LogP contribution in [0.3, 0.4) is 0 Å². The van der Waals surface area contributed by atoms with E-state index in [9.17, 15) is 28.3 Å². The number of aromatic carboxylic acids is 1. The molecule has 0 radical (unpaired) electrons. The maximum Gasteiger partial charge on any atom is 0.387 e. The Kier molecular flexibility index (Phi) is 6.98. The van der Waals surface area contributed by atoms with E-state index >= 15 is 0 Å². The number of para-hydroxylation sites is 2. The van der Waals surface area contributed by atoms with Crippen molar-refractivity contribution in [1.82, 2.24) is 4.90 Å². The summed E-state index contributed by atoms with van der Waals surface area (Å²) in [6.07, 6.45) is 1.36. The predicted octanol–water partition coefficient (Wildman–Crippen LogP) is 3.83. The van der Waals surface area contributed by atoms with Crippen molar-refractivity contribution in [3.63, 3.8) is 0 Å². The normalized spacial score (nSPS) is 14.9. The molecule has 160 valence electrons. The van der Waals surface area contributed by atoms with Gasteiger partial charge in [0.2, 0.25) is 5.91 Å². The molecule has 1 aliphatic rings. The number of thioether (sulfide) groups is 1. The molecule has 11 heteroatoms. The molecule has 2 N–H and O–H groups in total. The molecule has 2 aromatic carbocycles. The number of ether oxygens (including phenoxy) is 1. The predicted molar refractivity (Wildman–Crippen MR) is 115 cm³/mol. The Hall–Kier alpha value is -3.31. The fraction of sp³-hybridized carbons (Fsp3) is 0.100. The maximum atomic E-state index is 12.7. The fourth-order valence-electron chi connectivity index (χ4n) is 2.69. The molecule has 2 amide bonds. The van der Waals surface area contributed by atoms with Crippen molar-refractivity contribution in [2.24, 2.45) is 0 Å². The van der Waals surface area contributed by atoms with E-state index in [1.165, 1.54) is 42.5 Å². The number of rotatable bonds is 7. The summed E-state index contributed by atoms with van der Waals surface area (Å²) in [4.78, 5) is 37.5. The van der Waals surface area contributed by atoms with Gasteiger partial charge in [-0.3, -0.25) is 14.5 Å². The number of anilines is 1. The minimum Gasteiger partial charge on any atom is -0.478 e. The summed E-state index contributed by atoms with van der Waals surface area (Å²) >= 11 is 6.08. The molecule has 0 atom stereocenters. The van der Waals surface area contributed by atoms with Crippen LogP contribution in [0.1, 0.15) is 15.9 Å². The Morgan fingerprint density at radius 2 is 1.87 bits per heavy atom. The summed E-state index contributed by atoms with van der Waals surface area (Å²) in [7, 11) is 0. The van der Waals surface area contributed by atoms with Gasteiger partial charge in [0.25, 0.3) is 5.91 Å². The third-order valence-electron chi connectivity index (χ3n) is 4.03. The lowest BCUT2D eigenvalue weighted by molar-refractivity contribution is -0.126. The van der Waals surface area contributed by atoms with Gasteiger partial charge >= 0.3 is 12.6 Å². The van der Waals surface area contributed by atoms with Crippen LogP contribution in [0.15, 0.2) is 53.4 Å². The lowest BCUT2D eigenvalue weighted by Gasteiger charge is -2.15. The first kappa shape index (κ1) is 22.4. The molecule has 0 spiro atoms. The molecular weight excluding hydrogens is 450 g/mol. The number of hydrogen-bond acceptors (Lipinski definition) is 6. The van der Waals surface area contributed by atoms with Gasteiger partial charge in [0, 0.05) is 5.56 Å². The topological polar surface area (TPSA) is 95.9 Å². The summed E-state index contributed by atoms with van der Waals surface area (Å²) < 4.78 is 29.7. The first-order chi connectivity index (χ1) is 14.8. The van der Waals surface area contributed by atoms with Crippen LogP contribution in [-0.2, 0) is 9.59 Å². The summed E-state index contributed by atoms with van der Waals surface area (Å²) in [5, 5.41) is 11.6. The van der Waals surface area contributed by atoms with Gasteiger partial charge in [-0.05, 0) is 24.3 Å². The summed E-state index contributed by atoms with van der Waals surface area (Å²) in [5.41, 5.74) is 0.235. The Labute approximate surface area is 184 Å². The molecule has 1 heterocycles. The number of nitrogens with zero attached hydrogens (tertiary/aromatic N) is 1. The van der Waals surface area contributed by atoms with Crippen LogP contribution in [0.4, 0.5) is 14.5 Å². The molecule has 0 saturated carbocycles. The van der Waals surface area contributed by atoms with E-state index in [0.29, 0.717) is 0 Å². The number of halogens is 2. The van der Waals surface area contributed by atoms with Gasteiger partial charge in [0.15, 0.2) is 0 Å². The highest BCUT2D eigenvalue weighted by Crippen LogP contribution is 2.34. The number of alkyl halides is 2. The van der Waals surface area contributed by atoms with Crippen molar-refractivity contribution in [1.29, 1.82) is 0 Å². The Morgan fingerprint density at radius 1 is 1.19 bits per heavy atom. The molecule has 7 nitrogen and oxygen atoms in total. The third-order valence-corrected chi connectivity index (χ3v) is 5.41. The van der Waals surface area contributed by atoms with E-state index < -0.39 is 30.9 Å². The van der Waals surface area contributed by atoms with Crippen molar-refractivity contribution < 1.29 is 33.0 Å². The van der Waals surface area contributed by atoms with Gasteiger partial charge in [0.1, 0.15) is 16.6 Å². The maximum absolute atomic E-state index is 12.7. The van der Waals surface area contributed by atoms with Crippen LogP contribution >= 0.6 is 24.0 Å². The van der Waals surface area contributed by atoms with Gasteiger partial charge < -0.3 is 15.2 Å². The zero-order chi connectivity index (χ0) is 22.5. The molecule has 3 rings (SSSR count). The monoisotopic (exact) mass is 464 g/mol. The summed E-state index contributed by atoms with van der Waals surface area (Å²) in [6.45, 7) is -3.47. The second kappa shape index (κ2) is 9.67. The average Bonchev–Trinajstić information content (AvgIpc) is 2.96. The SMILES string of the molecule is O=C(CN1C(=O)/C(=C/c2ccccc2OC(F)F)SC1=S)Nc1ccccc1C(=O)O. The second-order valence-electron chi connectivity index (χ2n) is 6.08. The number of carboxylic acid groups (broad SMARTS) is 1. The van der Waals surface area contributed by atoms with E-state index in [1.807, 2.05) is 0 Å². The largest absolute Gasteiger partial charge is 0.478 e. The van der Waals surface area contributed by atoms with Crippen molar-refractivity contribution in [2.75, 3.05) is 11.9 Å². The smallest absolute Gasteiger partial charge is 0.387 e. The lowest BCUT2D eigenvalue weighted by atomic mass is 10.2. The quantitative estimate of drug-likeness (QED) is 0.475. The van der Waals surface area contributed by atoms with E-state index in [-0.39, 0.29) is 31.8 Å². The molecule has 1 fully saturated rings. The summed E-state index contributed by atoms with van der Waals surface area (Å²) in [5.74, 6) is -2.55. The number of nitrogens with one attached hydrogen (secondary N) is 1. The fourth-order valence-corrected chi connectivity index (χ4v) is 3.94. The van der Waals surface area contributed by atoms with Crippen LogP contribution in [0.5, 0.6) is 5.75 Å². The number of amides is 2. The molecule has 0 bridgehead atoms. The molecule has 0 unspecified atom stereocenters. The van der Waals surface area contributed by atoms with Gasteiger partial charge in [0.05, 0.1) is 16.2 Å². The first-order valence-electron chi connectivity index (χ1n) is 8.67. The number of carboxylic acids is 1. The summed E-state index contributed by atoms with van der Waals surface area (Å²) in [6, 6.07) is 11.8. The minimum absolute atomic E-state index is 0.0825. The molecule has 0 aromatic heterocycles. The first-order valence-corrected chi connectivity index (χ1v) is 9.90. The van der Waals surface area contributed by atoms with Crippen LogP contribution in [-0.4, -0.2) is 45.3 Å². The van der Waals surface area contributed by atoms with Crippen LogP contribution in [0.25, 0.3) is 6.08 Å². The number of carbonyl (C=O) groups is 3. The zero-order valence-corrected chi connectivity index (χ0v) is 17.2. The van der Waals surface area contributed by atoms with Crippen molar-refractivity contribution in [3.8, 4) is 5.75 Å². The van der Waals surface area contributed by atoms with Gasteiger partial charge in [-0.2, -0.15) is 8.78 Å². The van der Waals surface area contributed by atoms with Crippen molar-refractivity contribution >= 4 is 57.8 Å². The molecular formula is C20H14F2N2O5S2. The van der Waals surface area contributed by atoms with E-state index in [4.69, 9.17) is 12.2 Å². The number of hydrogen-bond donors (Lipinski definition) is 2. The standard InChI is InChI=1S/C20H14F2N2O5S2/c21-19(22)29-14-8-4-1-5-11(14)9-15-17(26)24(20(30)31-15)10-16(25)23-13-7-3-2-6-12(13)18(27)28/h1-9,19H,10H2,(H,23,25)(H,27,28)/b15-9-. The highest BCUT2D eigenvalue weighted by atomic mass is 32.2. The highest BCUT2D eigenvalue weighted by molar-refractivity contribution is 8.26. The molecule has 0 aliphatic carbocycles. The van der Waals surface area contributed by atoms with Gasteiger partial charge in [-0.1, -0.05) is 54.3 Å². The average molecular weight is 464 g/mol. The molecule has 1 aliphatic heterocycles. The number of thiocarbonyl (C=S) groups is 1. The molecule has 1 saturated heterocycles. The van der Waals surface area contributed by atoms with Crippen LogP contribution in [0.2, 0.25) is 0 Å². The van der Waals surface area contributed by atoms with E-state index in [2.05, 4.69) is 10.1 Å². The Morgan fingerprint density at radius 3 is 2.58 bits per heavy atom. The van der Waals surface area contributed by atoms with E-state index in [0.717, 1.165) is 16.7 Å². The van der Waals surface area contributed by atoms with Crippen molar-refractivity contribution in [3.05, 3.63) is 64.6 Å². The van der Waals surface area contributed by atoms with Crippen molar-refractivity contribution in [2.45, 2.75) is 6.61 Å². The molecule has 31 heavy (non-hydrogen) atoms. The van der Waals surface area contributed by atoms with Gasteiger partial charge in [-0.25, -0.2) is 4.79 Å². The Balaban J connectivity index is 1.75. The third kappa shape index (κ3) is 5.44. The lowest BCUT2D eigenvalue weighted by Crippen LogP contribution is -2.36. The minimum atomic E-state index is -3.03. The number of benzene rings is 2. The van der Waals surface area contributed by atoms with E-state index in [1.54, 1.807) is 12.1 Å². The van der Waals surface area contributed by atoms with Gasteiger partial charge in [-0.15, -0.1) is 0 Å². The van der Waals surface area contributed by atoms with Crippen LogP contribution < -0.4 is 10.1 Å². The van der Waals surface area contributed by atoms with Crippen LogP contribution in [0, 0.1) is 0 Å². The second-order valence-corrected chi connectivity index (χ2v) is 7.76. The zero-order valence-electron chi connectivity index (χ0n) is 15.6. The highest BCUT2D eigenvalue weighted by Gasteiger charge is 2.33. The number of carbonyl (C=O) groups excluding carboxylic acids is 2. The molecule has 2 aromatic rings.